The number of ether oxygens (including phenoxy) is 4. The number of nitrogens with zero attached hydrogens (tertiary/aromatic N) is 8. The third-order valence-corrected chi connectivity index (χ3v) is 14.9. The fourth-order valence-electron chi connectivity index (χ4n) is 10.4. The van der Waals surface area contributed by atoms with Gasteiger partial charge in [0.2, 0.25) is 11.8 Å². The van der Waals surface area contributed by atoms with Crippen LogP contribution in [0.1, 0.15) is 103 Å². The summed E-state index contributed by atoms with van der Waals surface area (Å²) < 4.78 is 21.9. The first-order valence-electron chi connectivity index (χ1n) is 26.2. The number of hydrogen-bond donors (Lipinski definition) is 4. The molecule has 4 aromatic rings. The Bertz CT molecular complexity index is 2380. The summed E-state index contributed by atoms with van der Waals surface area (Å²) in [5, 5.41) is 51.0. The molecule has 23 nitrogen and oxygen atoms in total. The Morgan fingerprint density at radius 1 is 0.494 bits per heavy atom. The van der Waals surface area contributed by atoms with Crippen LogP contribution in [0, 0.1) is 23.7 Å². The van der Waals surface area contributed by atoms with Crippen LogP contribution in [0.3, 0.4) is 0 Å². The number of carbonyl (C=O) groups is 6. The maximum Gasteiger partial charge on any atom is 0.414 e. The lowest BCUT2D eigenvalue weighted by Crippen LogP contribution is -2.38. The van der Waals surface area contributed by atoms with Gasteiger partial charge in [-0.2, -0.15) is 10.2 Å². The summed E-state index contributed by atoms with van der Waals surface area (Å²) >= 11 is 0. The molecule has 4 heterocycles. The Balaban J connectivity index is 0.000000271. The van der Waals surface area contributed by atoms with Gasteiger partial charge in [-0.3, -0.25) is 9.59 Å². The Labute approximate surface area is 449 Å². The second kappa shape index (κ2) is 31.1. The molecule has 2 amide bonds. The monoisotopic (exact) mass is 1080 g/mol. The van der Waals surface area contributed by atoms with Crippen LogP contribution in [0.25, 0.3) is 21.5 Å². The van der Waals surface area contributed by atoms with E-state index < -0.39 is 23.9 Å². The van der Waals surface area contributed by atoms with Gasteiger partial charge >= 0.3 is 23.9 Å². The highest BCUT2D eigenvalue weighted by molar-refractivity contribution is 6.27. The van der Waals surface area contributed by atoms with Crippen molar-refractivity contribution in [3.63, 3.8) is 0 Å². The van der Waals surface area contributed by atoms with Gasteiger partial charge in [0.1, 0.15) is 0 Å². The smallest absolute Gasteiger partial charge is 0.414 e. The molecule has 2 aliphatic heterocycles. The highest BCUT2D eigenvalue weighted by Gasteiger charge is 2.29. The maximum atomic E-state index is 12.7. The van der Waals surface area contributed by atoms with E-state index >= 15 is 0 Å². The lowest BCUT2D eigenvalue weighted by molar-refractivity contribution is -0.159. The molecule has 0 radical (unpaired) electrons. The Morgan fingerprint density at radius 3 is 1.08 bits per heavy atom. The van der Waals surface area contributed by atoms with E-state index in [1.54, 1.807) is 40.8 Å². The number of rotatable bonds is 14. The van der Waals surface area contributed by atoms with E-state index in [1.165, 1.54) is 38.5 Å². The van der Waals surface area contributed by atoms with E-state index in [4.69, 9.17) is 58.6 Å². The van der Waals surface area contributed by atoms with Gasteiger partial charge in [-0.15, -0.1) is 10.2 Å². The van der Waals surface area contributed by atoms with Gasteiger partial charge in [-0.1, -0.05) is 38.5 Å². The summed E-state index contributed by atoms with van der Waals surface area (Å²) in [6.45, 7) is 5.54. The first-order chi connectivity index (χ1) is 36.5. The number of fused-ring (bicyclic) bond motifs is 2. The zero-order valence-electron chi connectivity index (χ0n) is 45.3. The summed E-state index contributed by atoms with van der Waals surface area (Å²) in [6, 6.07) is 7.91. The van der Waals surface area contributed by atoms with E-state index in [1.807, 2.05) is 48.2 Å². The molecule has 4 aliphatic rings. The lowest BCUT2D eigenvalue weighted by Gasteiger charge is -2.34. The quantitative estimate of drug-likeness (QED) is 0.104. The summed E-state index contributed by atoms with van der Waals surface area (Å²) in [4.78, 5) is 70.5. The third kappa shape index (κ3) is 17.9. The molecule has 2 aromatic carbocycles. The van der Waals surface area contributed by atoms with Gasteiger partial charge in [-0.25, -0.2) is 19.2 Å². The number of carboxylic acids is 4. The van der Waals surface area contributed by atoms with E-state index in [2.05, 4.69) is 30.2 Å². The Hall–Kier alpha value is -7.30. The zero-order valence-corrected chi connectivity index (χ0v) is 45.3. The van der Waals surface area contributed by atoms with Crippen molar-refractivity contribution in [3.05, 3.63) is 36.7 Å². The van der Waals surface area contributed by atoms with Crippen molar-refractivity contribution in [2.75, 3.05) is 91.6 Å². The third-order valence-electron chi connectivity index (χ3n) is 14.9. The summed E-state index contributed by atoms with van der Waals surface area (Å²) in [6.07, 6.45) is 21.8. The van der Waals surface area contributed by atoms with E-state index in [9.17, 15) is 9.59 Å². The number of anilines is 2. The van der Waals surface area contributed by atoms with Gasteiger partial charge < -0.3 is 64.4 Å². The van der Waals surface area contributed by atoms with Crippen LogP contribution in [-0.4, -0.2) is 174 Å². The normalized spacial score (nSPS) is 16.1. The minimum absolute atomic E-state index is 0. The standard InChI is InChI=1S/2C25H36N4O3.2C2H2O4.H2O/c2*1-28(25(30)19-7-5-4-6-8-19)12-9-18-10-13-29(14-11-18)24-21-16-23(32-3)22(31-2)15-20(21)17-26-27-24;2*3-1(4)2(5)6;/h2*15-19H,4-14H2,1-3H3;2*(H,3,4)(H,5,6);1H2. The summed E-state index contributed by atoms with van der Waals surface area (Å²) in [5.74, 6) is -0.148. The van der Waals surface area contributed by atoms with Crippen molar-refractivity contribution < 1.29 is 73.6 Å². The van der Waals surface area contributed by atoms with Crippen molar-refractivity contribution in [2.45, 2.75) is 103 Å². The minimum Gasteiger partial charge on any atom is -0.493 e. The molecule has 8 rings (SSSR count). The number of carboxylic acid groups (broad SMARTS) is 4. The number of methoxy groups -OCH3 is 4. The molecule has 2 saturated carbocycles. The van der Waals surface area contributed by atoms with Crippen LogP contribution < -0.4 is 28.7 Å². The minimum atomic E-state index is -1.82. The van der Waals surface area contributed by atoms with Gasteiger partial charge in [0.05, 0.1) is 40.8 Å². The number of carbonyl (C=O) groups excluding carboxylic acids is 2. The number of benzene rings is 2. The molecule has 0 unspecified atom stereocenters. The SMILES string of the molecule is COc1cc2cnnc(N3CCC(CCN(C)C(=O)C4CCCCC4)CC3)c2cc1OC.COc1cc2cnnc(N3CCC(CCN(C)C(=O)C4CCCCC4)CC3)c2cc1OC.O.O=C(O)C(=O)O.O=C(O)C(=O)O. The molecule has 2 aliphatic carbocycles. The van der Waals surface area contributed by atoms with E-state index in [0.29, 0.717) is 46.6 Å². The molecular weight excluding hydrogens is 1000 g/mol. The topological polar surface area (TPSA) is 316 Å². The Kier molecular flexibility index (Phi) is 25.1. The van der Waals surface area contributed by atoms with Crippen molar-refractivity contribution in [3.8, 4) is 23.0 Å². The Morgan fingerprint density at radius 2 is 0.792 bits per heavy atom. The largest absolute Gasteiger partial charge is 0.493 e. The second-order valence-electron chi connectivity index (χ2n) is 19.8. The number of aliphatic carboxylic acids is 4. The van der Waals surface area contributed by atoms with Gasteiger partial charge in [0, 0.05) is 86.7 Å². The molecule has 0 spiro atoms. The molecule has 0 bridgehead atoms. The molecule has 77 heavy (non-hydrogen) atoms. The fourth-order valence-corrected chi connectivity index (χ4v) is 10.4. The lowest BCUT2D eigenvalue weighted by atomic mass is 9.88. The van der Waals surface area contributed by atoms with Crippen molar-refractivity contribution in [1.29, 1.82) is 0 Å². The average molecular weight is 1080 g/mol. The molecule has 4 fully saturated rings. The van der Waals surface area contributed by atoms with Crippen molar-refractivity contribution >= 4 is 68.9 Å². The van der Waals surface area contributed by atoms with Crippen LogP contribution in [0.15, 0.2) is 36.7 Å². The predicted octanol–water partition coefficient (Wildman–Crippen LogP) is 6.07. The molecule has 424 valence electrons. The number of amides is 2. The fraction of sp³-hybridized carbons (Fsp3) is 0.593. The maximum absolute atomic E-state index is 12.7. The first-order valence-corrected chi connectivity index (χ1v) is 26.2. The highest BCUT2D eigenvalue weighted by Crippen LogP contribution is 2.38. The number of piperidine rings is 2. The average Bonchev–Trinajstić information content (AvgIpc) is 3.46. The van der Waals surface area contributed by atoms with Crippen molar-refractivity contribution in [1.82, 2.24) is 30.2 Å². The molecule has 2 saturated heterocycles. The van der Waals surface area contributed by atoms with Crippen LogP contribution in [0.4, 0.5) is 11.6 Å². The number of aromatic nitrogens is 4. The van der Waals surface area contributed by atoms with Crippen LogP contribution in [0.2, 0.25) is 0 Å². The molecule has 0 atom stereocenters. The predicted molar refractivity (Wildman–Crippen MR) is 287 cm³/mol. The molecular formula is C54H78N8O15. The van der Waals surface area contributed by atoms with Crippen LogP contribution >= 0.6 is 0 Å². The van der Waals surface area contributed by atoms with E-state index in [0.717, 1.165) is 137 Å². The first kappa shape index (κ1) is 62.2. The van der Waals surface area contributed by atoms with Gasteiger partial charge in [0.25, 0.3) is 0 Å². The molecule has 6 N–H and O–H groups in total. The zero-order chi connectivity index (χ0) is 55.3. The summed E-state index contributed by atoms with van der Waals surface area (Å²) in [7, 11) is 10.6. The van der Waals surface area contributed by atoms with Gasteiger partial charge in [0.15, 0.2) is 34.6 Å². The van der Waals surface area contributed by atoms with Crippen LogP contribution in [-0.2, 0) is 28.8 Å². The van der Waals surface area contributed by atoms with Gasteiger partial charge in [-0.05, 0) is 100 Å². The highest BCUT2D eigenvalue weighted by atomic mass is 16.5. The van der Waals surface area contributed by atoms with Crippen LogP contribution in [0.5, 0.6) is 23.0 Å². The van der Waals surface area contributed by atoms with Crippen molar-refractivity contribution in [2.24, 2.45) is 23.7 Å². The molecule has 2 aromatic heterocycles. The molecule has 23 heteroatoms. The summed E-state index contributed by atoms with van der Waals surface area (Å²) in [5.41, 5.74) is 0. The van der Waals surface area contributed by atoms with E-state index in [-0.39, 0.29) is 17.3 Å². The number of hydrogen-bond acceptors (Lipinski definition) is 16. The second-order valence-corrected chi connectivity index (χ2v) is 19.8.